The molecule has 2 aromatic heterocycles. The standard InChI is InChI=1S/C20H30N4O/c1-6-15(5)24-19-17(12-21-24)16(11-14(4)22-19)20(25)23-10-8-7-9-18(23)13(2)3/h11-13,15,18H,6-10H2,1-5H3. The molecule has 0 aliphatic carbocycles. The van der Waals surface area contributed by atoms with Crippen LogP contribution in [-0.2, 0) is 0 Å². The first-order valence-corrected chi connectivity index (χ1v) is 9.59. The van der Waals surface area contributed by atoms with Crippen LogP contribution in [0, 0.1) is 12.8 Å². The van der Waals surface area contributed by atoms with Crippen molar-refractivity contribution in [2.75, 3.05) is 6.54 Å². The topological polar surface area (TPSA) is 51.0 Å². The molecule has 2 atom stereocenters. The lowest BCUT2D eigenvalue weighted by Gasteiger charge is -2.38. The summed E-state index contributed by atoms with van der Waals surface area (Å²) < 4.78 is 1.95. The summed E-state index contributed by atoms with van der Waals surface area (Å²) in [6, 6.07) is 2.53. The van der Waals surface area contributed by atoms with Gasteiger partial charge in [-0.15, -0.1) is 0 Å². The molecule has 0 saturated carbocycles. The van der Waals surface area contributed by atoms with Gasteiger partial charge >= 0.3 is 0 Å². The molecule has 2 unspecified atom stereocenters. The number of aryl methyl sites for hydroxylation is 1. The van der Waals surface area contributed by atoms with E-state index in [1.807, 2.05) is 23.9 Å². The average molecular weight is 342 g/mol. The molecule has 1 amide bonds. The molecule has 1 saturated heterocycles. The Balaban J connectivity index is 2.05. The number of aromatic nitrogens is 3. The molecule has 3 rings (SSSR count). The van der Waals surface area contributed by atoms with Gasteiger partial charge in [-0.1, -0.05) is 20.8 Å². The molecule has 2 aromatic rings. The monoisotopic (exact) mass is 342 g/mol. The summed E-state index contributed by atoms with van der Waals surface area (Å²) in [5.41, 5.74) is 2.46. The fraction of sp³-hybridized carbons (Fsp3) is 0.650. The van der Waals surface area contributed by atoms with E-state index in [1.165, 1.54) is 6.42 Å². The van der Waals surface area contributed by atoms with Gasteiger partial charge in [0.2, 0.25) is 0 Å². The second-order valence-corrected chi connectivity index (χ2v) is 7.70. The van der Waals surface area contributed by atoms with Crippen molar-refractivity contribution in [2.45, 2.75) is 72.4 Å². The highest BCUT2D eigenvalue weighted by Gasteiger charge is 2.31. The van der Waals surface area contributed by atoms with Crippen LogP contribution in [0.25, 0.3) is 11.0 Å². The first-order chi connectivity index (χ1) is 11.9. The van der Waals surface area contributed by atoms with Crippen LogP contribution in [0.5, 0.6) is 0 Å². The number of fused-ring (bicyclic) bond motifs is 1. The number of nitrogens with zero attached hydrogens (tertiary/aromatic N) is 4. The van der Waals surface area contributed by atoms with E-state index in [-0.39, 0.29) is 11.9 Å². The summed E-state index contributed by atoms with van der Waals surface area (Å²) in [4.78, 5) is 20.2. The average Bonchev–Trinajstić information content (AvgIpc) is 3.03. The van der Waals surface area contributed by atoms with Crippen molar-refractivity contribution in [3.8, 4) is 0 Å². The number of amides is 1. The number of carbonyl (C=O) groups is 1. The molecule has 0 aromatic carbocycles. The lowest BCUT2D eigenvalue weighted by molar-refractivity contribution is 0.0545. The number of hydrogen-bond donors (Lipinski definition) is 0. The van der Waals surface area contributed by atoms with E-state index >= 15 is 0 Å². The van der Waals surface area contributed by atoms with Crippen LogP contribution in [-0.4, -0.2) is 38.2 Å². The van der Waals surface area contributed by atoms with E-state index in [0.29, 0.717) is 12.0 Å². The van der Waals surface area contributed by atoms with Gasteiger partial charge in [0.05, 0.1) is 23.2 Å². The summed E-state index contributed by atoms with van der Waals surface area (Å²) in [5, 5.41) is 5.41. The first kappa shape index (κ1) is 17.9. The van der Waals surface area contributed by atoms with Gasteiger partial charge in [0.15, 0.2) is 5.65 Å². The van der Waals surface area contributed by atoms with E-state index in [0.717, 1.165) is 48.1 Å². The molecule has 0 bridgehead atoms. The number of hydrogen-bond acceptors (Lipinski definition) is 3. The predicted octanol–water partition coefficient (Wildman–Crippen LogP) is 4.36. The molecule has 0 N–H and O–H groups in total. The number of carbonyl (C=O) groups excluding carboxylic acids is 1. The summed E-state index contributed by atoms with van der Waals surface area (Å²) >= 11 is 0. The zero-order valence-electron chi connectivity index (χ0n) is 16.1. The van der Waals surface area contributed by atoms with Crippen LogP contribution in [0.15, 0.2) is 12.3 Å². The van der Waals surface area contributed by atoms with Crippen molar-refractivity contribution in [2.24, 2.45) is 5.92 Å². The summed E-state index contributed by atoms with van der Waals surface area (Å²) in [7, 11) is 0. The number of pyridine rings is 1. The van der Waals surface area contributed by atoms with Gasteiger partial charge in [-0.05, 0) is 51.5 Å². The maximum absolute atomic E-state index is 13.4. The Labute approximate surface area is 150 Å². The van der Waals surface area contributed by atoms with Gasteiger partial charge < -0.3 is 4.90 Å². The SMILES string of the molecule is CCC(C)n1ncc2c(C(=O)N3CCCCC3C(C)C)cc(C)nc21. The highest BCUT2D eigenvalue weighted by molar-refractivity contribution is 6.05. The number of rotatable bonds is 4. The molecule has 1 aliphatic rings. The second-order valence-electron chi connectivity index (χ2n) is 7.70. The van der Waals surface area contributed by atoms with Crippen LogP contribution in [0.4, 0.5) is 0 Å². The molecular formula is C20H30N4O. The molecule has 1 aliphatic heterocycles. The largest absolute Gasteiger partial charge is 0.335 e. The fourth-order valence-electron chi connectivity index (χ4n) is 3.87. The van der Waals surface area contributed by atoms with Gasteiger partial charge in [-0.3, -0.25) is 4.79 Å². The Hall–Kier alpha value is -1.91. The van der Waals surface area contributed by atoms with Crippen LogP contribution < -0.4 is 0 Å². The lowest BCUT2D eigenvalue weighted by atomic mass is 9.92. The maximum atomic E-state index is 13.4. The molecule has 136 valence electrons. The van der Waals surface area contributed by atoms with Crippen LogP contribution in [0.2, 0.25) is 0 Å². The maximum Gasteiger partial charge on any atom is 0.254 e. The Kier molecular flexibility index (Phi) is 5.11. The van der Waals surface area contributed by atoms with E-state index in [9.17, 15) is 4.79 Å². The summed E-state index contributed by atoms with van der Waals surface area (Å²) in [5.74, 6) is 0.614. The van der Waals surface area contributed by atoms with Crippen molar-refractivity contribution < 1.29 is 4.79 Å². The van der Waals surface area contributed by atoms with E-state index in [2.05, 4.69) is 42.7 Å². The molecule has 0 spiro atoms. The van der Waals surface area contributed by atoms with Crippen LogP contribution in [0.3, 0.4) is 0 Å². The van der Waals surface area contributed by atoms with Gasteiger partial charge in [0.25, 0.3) is 5.91 Å². The van der Waals surface area contributed by atoms with Gasteiger partial charge in [0.1, 0.15) is 0 Å². The normalized spacial score (nSPS) is 19.6. The second kappa shape index (κ2) is 7.14. The highest BCUT2D eigenvalue weighted by Crippen LogP contribution is 2.28. The van der Waals surface area contributed by atoms with E-state index in [1.54, 1.807) is 0 Å². The van der Waals surface area contributed by atoms with E-state index < -0.39 is 0 Å². The molecule has 3 heterocycles. The molecule has 5 nitrogen and oxygen atoms in total. The lowest BCUT2D eigenvalue weighted by Crippen LogP contribution is -2.46. The Morgan fingerprint density at radius 1 is 1.32 bits per heavy atom. The third-order valence-electron chi connectivity index (χ3n) is 5.51. The molecule has 1 fully saturated rings. The smallest absolute Gasteiger partial charge is 0.254 e. The molecular weight excluding hydrogens is 312 g/mol. The van der Waals surface area contributed by atoms with Crippen molar-refractivity contribution in [1.82, 2.24) is 19.7 Å². The van der Waals surface area contributed by atoms with Crippen molar-refractivity contribution in [1.29, 1.82) is 0 Å². The van der Waals surface area contributed by atoms with Gasteiger partial charge in [-0.2, -0.15) is 5.10 Å². The zero-order valence-corrected chi connectivity index (χ0v) is 16.1. The molecule has 0 radical (unpaired) electrons. The minimum absolute atomic E-state index is 0.137. The molecule has 5 heteroatoms. The van der Waals surface area contributed by atoms with Crippen LogP contribution in [0.1, 0.15) is 75.5 Å². The summed E-state index contributed by atoms with van der Waals surface area (Å²) in [6.45, 7) is 11.5. The van der Waals surface area contributed by atoms with Crippen molar-refractivity contribution >= 4 is 16.9 Å². The Bertz CT molecular complexity index is 764. The Morgan fingerprint density at radius 2 is 2.08 bits per heavy atom. The fourth-order valence-corrected chi connectivity index (χ4v) is 3.87. The predicted molar refractivity (Wildman–Crippen MR) is 101 cm³/mol. The van der Waals surface area contributed by atoms with Crippen molar-refractivity contribution in [3.63, 3.8) is 0 Å². The zero-order chi connectivity index (χ0) is 18.1. The number of piperidine rings is 1. The number of likely N-dealkylation sites (tertiary alicyclic amines) is 1. The highest BCUT2D eigenvalue weighted by atomic mass is 16.2. The van der Waals surface area contributed by atoms with Gasteiger partial charge in [0, 0.05) is 18.3 Å². The van der Waals surface area contributed by atoms with Gasteiger partial charge in [-0.25, -0.2) is 9.67 Å². The minimum atomic E-state index is 0.137. The van der Waals surface area contributed by atoms with Crippen molar-refractivity contribution in [3.05, 3.63) is 23.5 Å². The summed E-state index contributed by atoms with van der Waals surface area (Å²) in [6.07, 6.45) is 6.20. The molecule has 25 heavy (non-hydrogen) atoms. The van der Waals surface area contributed by atoms with E-state index in [4.69, 9.17) is 0 Å². The first-order valence-electron chi connectivity index (χ1n) is 9.59. The third kappa shape index (κ3) is 3.29. The quantitative estimate of drug-likeness (QED) is 0.829. The van der Waals surface area contributed by atoms with Crippen LogP contribution >= 0.6 is 0 Å². The minimum Gasteiger partial charge on any atom is -0.335 e. The Morgan fingerprint density at radius 3 is 2.76 bits per heavy atom. The third-order valence-corrected chi connectivity index (χ3v) is 5.51.